The number of carbonyl (C=O) groups excluding carboxylic acids is 4. The van der Waals surface area contributed by atoms with E-state index in [4.69, 9.17) is 16.6 Å². The molecule has 15 nitrogen and oxygen atoms in total. The number of primary amides is 1. The van der Waals surface area contributed by atoms with Gasteiger partial charge in [-0.1, -0.05) is 30.3 Å². The van der Waals surface area contributed by atoms with Crippen LogP contribution in [0.2, 0.25) is 0 Å². The number of phenolic OH excluding ortho intramolecular Hbond substituents is 1. The van der Waals surface area contributed by atoms with E-state index in [9.17, 15) is 39.0 Å². The number of aromatic amines is 1. The quantitative estimate of drug-likeness (QED) is 0.0942. The van der Waals surface area contributed by atoms with Crippen molar-refractivity contribution in [1.82, 2.24) is 20.9 Å². The van der Waals surface area contributed by atoms with Crippen LogP contribution in [-0.2, 0) is 41.6 Å². The van der Waals surface area contributed by atoms with Crippen molar-refractivity contribution in [2.45, 2.75) is 62.7 Å². The predicted octanol–water partition coefficient (Wildman–Crippen LogP) is -0.345. The average Bonchev–Trinajstić information content (AvgIpc) is 3.40. The van der Waals surface area contributed by atoms with Crippen LogP contribution in [0.1, 0.15) is 36.8 Å². The Morgan fingerprint density at radius 1 is 0.756 bits per heavy atom. The molecule has 3 aromatic rings. The molecular formula is C30H36N6O9. The van der Waals surface area contributed by atoms with Gasteiger partial charge in [0.1, 0.15) is 23.9 Å². The third kappa shape index (κ3) is 10.4. The minimum Gasteiger partial charge on any atom is -0.508 e. The van der Waals surface area contributed by atoms with Gasteiger partial charge in [-0.05, 0) is 42.2 Å². The first-order chi connectivity index (χ1) is 21.3. The van der Waals surface area contributed by atoms with Gasteiger partial charge in [0.15, 0.2) is 0 Å². The summed E-state index contributed by atoms with van der Waals surface area (Å²) in [6, 6.07) is 7.60. The Morgan fingerprint density at radius 3 is 2.02 bits per heavy atom. The first kappa shape index (κ1) is 34.1. The molecule has 0 bridgehead atoms. The van der Waals surface area contributed by atoms with Crippen LogP contribution in [0.3, 0.4) is 0 Å². The Morgan fingerprint density at radius 2 is 1.38 bits per heavy atom. The van der Waals surface area contributed by atoms with Gasteiger partial charge in [-0.25, -0.2) is 4.79 Å². The summed E-state index contributed by atoms with van der Waals surface area (Å²) in [5.74, 6) is -5.89. The van der Waals surface area contributed by atoms with Crippen LogP contribution >= 0.6 is 0 Å². The smallest absolute Gasteiger partial charge is 0.326 e. The second-order valence-corrected chi connectivity index (χ2v) is 10.5. The van der Waals surface area contributed by atoms with Gasteiger partial charge in [-0.3, -0.25) is 24.0 Å². The molecular weight excluding hydrogens is 588 g/mol. The number of nitrogens with one attached hydrogen (secondary N) is 4. The molecule has 4 amide bonds. The van der Waals surface area contributed by atoms with E-state index in [0.717, 1.165) is 10.9 Å². The zero-order valence-corrected chi connectivity index (χ0v) is 24.2. The Hall–Kier alpha value is -5.44. The molecule has 0 aliphatic carbocycles. The maximum absolute atomic E-state index is 13.5. The van der Waals surface area contributed by atoms with Crippen LogP contribution in [0, 0.1) is 0 Å². The molecule has 11 N–H and O–H groups in total. The van der Waals surface area contributed by atoms with Crippen molar-refractivity contribution in [2.75, 3.05) is 0 Å². The van der Waals surface area contributed by atoms with E-state index >= 15 is 0 Å². The highest BCUT2D eigenvalue weighted by molar-refractivity contribution is 5.95. The lowest BCUT2D eigenvalue weighted by Gasteiger charge is -2.25. The molecule has 0 fully saturated rings. The third-order valence-electron chi connectivity index (χ3n) is 7.04. The summed E-state index contributed by atoms with van der Waals surface area (Å²) in [6.45, 7) is 0. The molecule has 15 heteroatoms. The number of para-hydroxylation sites is 1. The summed E-state index contributed by atoms with van der Waals surface area (Å²) in [6.07, 6.45) is 0.251. The van der Waals surface area contributed by atoms with Crippen molar-refractivity contribution in [3.05, 3.63) is 65.9 Å². The van der Waals surface area contributed by atoms with Gasteiger partial charge < -0.3 is 47.7 Å². The standard InChI is InChI=1S/C30H36N6O9/c31-20(9-12-26(39)40)27(41)34-22(10-11-25(32)38)28(42)35-23(13-16-5-7-18(37)8-6-16)29(43)36-24(30(44)45)14-17-15-33-21-4-2-1-3-19(17)21/h1-8,15,20,22-24,33,37H,9-14,31H2,(H2,32,38)(H,34,41)(H,35,42)(H,36,43)(H,39,40)(H,44,45). The Bertz CT molecular complexity index is 1540. The molecule has 4 atom stereocenters. The van der Waals surface area contributed by atoms with Gasteiger partial charge in [-0.15, -0.1) is 0 Å². The SMILES string of the molecule is NC(=O)CCC(NC(=O)C(N)CCC(=O)O)C(=O)NC(Cc1ccc(O)cc1)C(=O)NC(Cc1c[nH]c2ccccc12)C(=O)O. The number of amides is 4. The minimum atomic E-state index is -1.39. The summed E-state index contributed by atoms with van der Waals surface area (Å²) in [5.41, 5.74) is 12.9. The van der Waals surface area contributed by atoms with Crippen molar-refractivity contribution in [3.8, 4) is 5.75 Å². The maximum Gasteiger partial charge on any atom is 0.326 e. The lowest BCUT2D eigenvalue weighted by atomic mass is 10.0. The molecule has 3 rings (SSSR count). The molecule has 4 unspecified atom stereocenters. The number of aromatic hydroxyl groups is 1. The minimum absolute atomic E-state index is 0.0399. The van der Waals surface area contributed by atoms with Gasteiger partial charge in [0.2, 0.25) is 23.6 Å². The van der Waals surface area contributed by atoms with Crippen molar-refractivity contribution in [2.24, 2.45) is 11.5 Å². The fraction of sp³-hybridized carbons (Fsp3) is 0.333. The summed E-state index contributed by atoms with van der Waals surface area (Å²) in [5, 5.41) is 36.6. The molecule has 0 spiro atoms. The van der Waals surface area contributed by atoms with Gasteiger partial charge in [0.25, 0.3) is 0 Å². The molecule has 2 aromatic carbocycles. The highest BCUT2D eigenvalue weighted by atomic mass is 16.4. The summed E-state index contributed by atoms with van der Waals surface area (Å²) in [7, 11) is 0. The highest BCUT2D eigenvalue weighted by Crippen LogP contribution is 2.19. The van der Waals surface area contributed by atoms with Crippen LogP contribution in [0.5, 0.6) is 5.75 Å². The van der Waals surface area contributed by atoms with E-state index in [1.54, 1.807) is 12.3 Å². The Labute approximate surface area is 257 Å². The number of H-pyrrole nitrogens is 1. The largest absolute Gasteiger partial charge is 0.508 e. The molecule has 0 aliphatic rings. The lowest BCUT2D eigenvalue weighted by Crippen LogP contribution is -2.58. The van der Waals surface area contributed by atoms with E-state index in [0.29, 0.717) is 11.1 Å². The van der Waals surface area contributed by atoms with E-state index in [-0.39, 0.29) is 37.9 Å². The number of aromatic nitrogens is 1. The number of rotatable bonds is 17. The molecule has 45 heavy (non-hydrogen) atoms. The number of nitrogens with two attached hydrogens (primary N) is 2. The number of hydrogen-bond donors (Lipinski definition) is 9. The molecule has 0 saturated heterocycles. The maximum atomic E-state index is 13.5. The van der Waals surface area contributed by atoms with E-state index in [1.807, 2.05) is 18.2 Å². The molecule has 240 valence electrons. The number of carbonyl (C=O) groups is 6. The number of carboxylic acids is 2. The van der Waals surface area contributed by atoms with Crippen molar-refractivity contribution < 1.29 is 44.1 Å². The third-order valence-corrected chi connectivity index (χ3v) is 7.04. The lowest BCUT2D eigenvalue weighted by molar-refractivity contribution is -0.142. The van der Waals surface area contributed by atoms with Crippen LogP contribution in [0.4, 0.5) is 0 Å². The highest BCUT2D eigenvalue weighted by Gasteiger charge is 2.31. The average molecular weight is 625 g/mol. The molecule has 0 aliphatic heterocycles. The number of carboxylic acid groups (broad SMARTS) is 2. The topological polar surface area (TPSA) is 267 Å². The monoisotopic (exact) mass is 624 g/mol. The first-order valence-electron chi connectivity index (χ1n) is 14.1. The normalized spacial score (nSPS) is 13.6. The number of hydrogen-bond acceptors (Lipinski definition) is 8. The predicted molar refractivity (Wildman–Crippen MR) is 161 cm³/mol. The van der Waals surface area contributed by atoms with Gasteiger partial charge >= 0.3 is 11.9 Å². The number of fused-ring (bicyclic) bond motifs is 1. The molecule has 1 aromatic heterocycles. The van der Waals surface area contributed by atoms with Gasteiger partial charge in [0.05, 0.1) is 6.04 Å². The molecule has 0 saturated carbocycles. The van der Waals surface area contributed by atoms with E-state index in [1.165, 1.54) is 24.3 Å². The van der Waals surface area contributed by atoms with E-state index in [2.05, 4.69) is 20.9 Å². The van der Waals surface area contributed by atoms with Crippen molar-refractivity contribution in [3.63, 3.8) is 0 Å². The van der Waals surface area contributed by atoms with Crippen LogP contribution in [-0.4, -0.2) is 80.0 Å². The van der Waals surface area contributed by atoms with E-state index < -0.39 is 66.2 Å². The van der Waals surface area contributed by atoms with Crippen LogP contribution < -0.4 is 27.4 Å². The number of aliphatic carboxylic acids is 2. The zero-order chi connectivity index (χ0) is 33.1. The zero-order valence-electron chi connectivity index (χ0n) is 24.2. The van der Waals surface area contributed by atoms with Gasteiger partial charge in [-0.2, -0.15) is 0 Å². The van der Waals surface area contributed by atoms with Crippen molar-refractivity contribution >= 4 is 46.5 Å². The number of phenols is 1. The van der Waals surface area contributed by atoms with Gasteiger partial charge in [0, 0.05) is 42.8 Å². The second-order valence-electron chi connectivity index (χ2n) is 10.5. The van der Waals surface area contributed by atoms with Crippen LogP contribution in [0.15, 0.2) is 54.7 Å². The van der Waals surface area contributed by atoms with Crippen molar-refractivity contribution in [1.29, 1.82) is 0 Å². The number of benzene rings is 2. The fourth-order valence-corrected chi connectivity index (χ4v) is 4.59. The summed E-state index contributed by atoms with van der Waals surface area (Å²) in [4.78, 5) is 77.2. The first-order valence-corrected chi connectivity index (χ1v) is 14.1. The summed E-state index contributed by atoms with van der Waals surface area (Å²) < 4.78 is 0. The molecule has 0 radical (unpaired) electrons. The Kier molecular flexibility index (Phi) is 12.0. The summed E-state index contributed by atoms with van der Waals surface area (Å²) >= 11 is 0. The van der Waals surface area contributed by atoms with Crippen LogP contribution in [0.25, 0.3) is 10.9 Å². The molecule has 1 heterocycles. The second kappa shape index (κ2) is 15.9. The fourth-order valence-electron chi connectivity index (χ4n) is 4.59. The Balaban J connectivity index is 1.82.